The molecule has 3 aromatic rings. The quantitative estimate of drug-likeness (QED) is 0.588. The van der Waals surface area contributed by atoms with Crippen molar-refractivity contribution in [3.05, 3.63) is 53.9 Å². The van der Waals surface area contributed by atoms with Gasteiger partial charge in [0.1, 0.15) is 5.82 Å². The van der Waals surface area contributed by atoms with Crippen molar-refractivity contribution in [2.75, 3.05) is 12.4 Å². The first-order valence-corrected chi connectivity index (χ1v) is 7.72. The largest absolute Gasteiger partial charge is 0.373 e. The molecule has 0 saturated carbocycles. The van der Waals surface area contributed by atoms with E-state index in [1.165, 1.54) is 0 Å². The molecule has 0 saturated heterocycles. The van der Waals surface area contributed by atoms with Crippen molar-refractivity contribution in [1.29, 1.82) is 0 Å². The standard InChI is InChI=1S/C16H16N4S/c1-11-8-18-16(19-9-11)21-10-13-7-12-5-3-4-6-14(12)20-15(13)17-2/h3-9H,10H2,1-2H3,(H,17,20). The minimum Gasteiger partial charge on any atom is -0.373 e. The molecule has 2 heterocycles. The van der Waals surface area contributed by atoms with Gasteiger partial charge in [-0.2, -0.15) is 0 Å². The maximum absolute atomic E-state index is 4.65. The third-order valence-corrected chi connectivity index (χ3v) is 4.08. The lowest BCUT2D eigenvalue weighted by molar-refractivity contribution is 0.949. The molecular weight excluding hydrogens is 280 g/mol. The summed E-state index contributed by atoms with van der Waals surface area (Å²) in [6.45, 7) is 1.99. The average Bonchev–Trinajstić information content (AvgIpc) is 2.53. The van der Waals surface area contributed by atoms with Gasteiger partial charge < -0.3 is 5.32 Å². The van der Waals surface area contributed by atoms with E-state index in [1.54, 1.807) is 11.8 Å². The highest BCUT2D eigenvalue weighted by molar-refractivity contribution is 7.98. The van der Waals surface area contributed by atoms with E-state index >= 15 is 0 Å². The smallest absolute Gasteiger partial charge is 0.187 e. The fourth-order valence-electron chi connectivity index (χ4n) is 2.08. The van der Waals surface area contributed by atoms with Gasteiger partial charge in [0.2, 0.25) is 0 Å². The number of nitrogens with one attached hydrogen (secondary N) is 1. The van der Waals surface area contributed by atoms with Crippen molar-refractivity contribution in [2.45, 2.75) is 17.8 Å². The van der Waals surface area contributed by atoms with Crippen LogP contribution >= 0.6 is 11.8 Å². The lowest BCUT2D eigenvalue weighted by Gasteiger charge is -2.09. The fraction of sp³-hybridized carbons (Fsp3) is 0.188. The van der Waals surface area contributed by atoms with Crippen LogP contribution in [0.4, 0.5) is 5.82 Å². The Bertz CT molecular complexity index is 756. The summed E-state index contributed by atoms with van der Waals surface area (Å²) in [7, 11) is 1.90. The van der Waals surface area contributed by atoms with E-state index in [0.29, 0.717) is 0 Å². The Kier molecular flexibility index (Phi) is 4.01. The van der Waals surface area contributed by atoms with Crippen molar-refractivity contribution in [1.82, 2.24) is 15.0 Å². The van der Waals surface area contributed by atoms with Crippen LogP contribution in [0.1, 0.15) is 11.1 Å². The number of hydrogen-bond donors (Lipinski definition) is 1. The van der Waals surface area contributed by atoms with Crippen LogP contribution in [-0.2, 0) is 5.75 Å². The van der Waals surface area contributed by atoms with E-state index in [1.807, 2.05) is 44.6 Å². The molecule has 2 aromatic heterocycles. The zero-order valence-corrected chi connectivity index (χ0v) is 12.8. The molecule has 1 N–H and O–H groups in total. The van der Waals surface area contributed by atoms with E-state index in [9.17, 15) is 0 Å². The number of rotatable bonds is 4. The van der Waals surface area contributed by atoms with Gasteiger partial charge in [-0.3, -0.25) is 0 Å². The van der Waals surface area contributed by atoms with E-state index < -0.39 is 0 Å². The number of benzene rings is 1. The summed E-state index contributed by atoms with van der Waals surface area (Å²) in [5, 5.41) is 5.11. The Morgan fingerprint density at radius 1 is 1.14 bits per heavy atom. The fourth-order valence-corrected chi connectivity index (χ4v) is 2.84. The molecule has 0 bridgehead atoms. The second-order valence-corrected chi connectivity index (χ2v) is 5.71. The molecule has 0 aliphatic heterocycles. The highest BCUT2D eigenvalue weighted by Gasteiger charge is 2.07. The topological polar surface area (TPSA) is 50.7 Å². The zero-order valence-electron chi connectivity index (χ0n) is 12.0. The van der Waals surface area contributed by atoms with Crippen molar-refractivity contribution in [3.63, 3.8) is 0 Å². The maximum atomic E-state index is 4.65. The summed E-state index contributed by atoms with van der Waals surface area (Å²) in [6, 6.07) is 10.3. The van der Waals surface area contributed by atoms with Gasteiger partial charge in [0.25, 0.3) is 0 Å². The lowest BCUT2D eigenvalue weighted by Crippen LogP contribution is -1.99. The molecule has 0 aliphatic carbocycles. The first kappa shape index (κ1) is 13.8. The molecule has 4 nitrogen and oxygen atoms in total. The molecule has 0 radical (unpaired) electrons. The van der Waals surface area contributed by atoms with Crippen LogP contribution in [0.2, 0.25) is 0 Å². The Labute approximate surface area is 128 Å². The molecule has 0 spiro atoms. The average molecular weight is 296 g/mol. The Morgan fingerprint density at radius 2 is 1.90 bits per heavy atom. The molecule has 21 heavy (non-hydrogen) atoms. The van der Waals surface area contributed by atoms with Gasteiger partial charge in [0.05, 0.1) is 5.52 Å². The predicted octanol–water partition coefficient (Wildman–Crippen LogP) is 3.67. The monoisotopic (exact) mass is 296 g/mol. The summed E-state index contributed by atoms with van der Waals surface area (Å²) < 4.78 is 0. The van der Waals surface area contributed by atoms with Gasteiger partial charge in [-0.1, -0.05) is 30.0 Å². The van der Waals surface area contributed by atoms with Crippen LogP contribution < -0.4 is 5.32 Å². The van der Waals surface area contributed by atoms with Crippen LogP contribution in [0.3, 0.4) is 0 Å². The number of nitrogens with zero attached hydrogens (tertiary/aromatic N) is 3. The minimum absolute atomic E-state index is 0.788. The molecular formula is C16H16N4S. The minimum atomic E-state index is 0.788. The molecule has 0 unspecified atom stereocenters. The number of pyridine rings is 1. The molecule has 5 heteroatoms. The van der Waals surface area contributed by atoms with Crippen LogP contribution in [0.5, 0.6) is 0 Å². The van der Waals surface area contributed by atoms with Crippen molar-refractivity contribution in [2.24, 2.45) is 0 Å². The summed E-state index contributed by atoms with van der Waals surface area (Å²) in [5.41, 5.74) is 3.23. The second kappa shape index (κ2) is 6.10. The van der Waals surface area contributed by atoms with Crippen LogP contribution in [0.25, 0.3) is 10.9 Å². The molecule has 1 aromatic carbocycles. The number of aromatic nitrogens is 3. The molecule has 0 amide bonds. The van der Waals surface area contributed by atoms with E-state index in [0.717, 1.165) is 38.8 Å². The molecule has 0 fully saturated rings. The Morgan fingerprint density at radius 3 is 2.67 bits per heavy atom. The van der Waals surface area contributed by atoms with E-state index in [-0.39, 0.29) is 0 Å². The predicted molar refractivity (Wildman–Crippen MR) is 87.6 cm³/mol. The van der Waals surface area contributed by atoms with Crippen molar-refractivity contribution >= 4 is 28.5 Å². The van der Waals surface area contributed by atoms with Gasteiger partial charge >= 0.3 is 0 Å². The van der Waals surface area contributed by atoms with Crippen molar-refractivity contribution in [3.8, 4) is 0 Å². The third-order valence-electron chi connectivity index (χ3n) is 3.15. The lowest BCUT2D eigenvalue weighted by atomic mass is 10.1. The van der Waals surface area contributed by atoms with Gasteiger partial charge in [0, 0.05) is 36.1 Å². The second-order valence-electron chi connectivity index (χ2n) is 4.77. The number of para-hydroxylation sites is 1. The third kappa shape index (κ3) is 3.13. The van der Waals surface area contributed by atoms with Crippen LogP contribution in [0.15, 0.2) is 47.9 Å². The van der Waals surface area contributed by atoms with Crippen molar-refractivity contribution < 1.29 is 0 Å². The van der Waals surface area contributed by atoms with Gasteiger partial charge in [0.15, 0.2) is 5.16 Å². The van der Waals surface area contributed by atoms with Crippen LogP contribution in [-0.4, -0.2) is 22.0 Å². The van der Waals surface area contributed by atoms with E-state index in [4.69, 9.17) is 0 Å². The summed E-state index contributed by atoms with van der Waals surface area (Å²) in [4.78, 5) is 13.3. The summed E-state index contributed by atoms with van der Waals surface area (Å²) in [6.07, 6.45) is 3.68. The Hall–Kier alpha value is -2.14. The maximum Gasteiger partial charge on any atom is 0.187 e. The number of thioether (sulfide) groups is 1. The first-order chi connectivity index (χ1) is 10.3. The molecule has 3 rings (SSSR count). The highest BCUT2D eigenvalue weighted by atomic mass is 32.2. The summed E-state index contributed by atoms with van der Waals surface area (Å²) >= 11 is 1.62. The number of anilines is 1. The first-order valence-electron chi connectivity index (χ1n) is 6.74. The Balaban J connectivity index is 1.86. The number of aryl methyl sites for hydroxylation is 1. The molecule has 0 aliphatic rings. The normalized spacial score (nSPS) is 10.8. The SMILES string of the molecule is CNc1nc2ccccc2cc1CSc1ncc(C)cn1. The van der Waals surface area contributed by atoms with E-state index in [2.05, 4.69) is 32.4 Å². The number of hydrogen-bond acceptors (Lipinski definition) is 5. The van der Waals surface area contributed by atoms with Gasteiger partial charge in [-0.15, -0.1) is 0 Å². The number of fused-ring (bicyclic) bond motifs is 1. The van der Waals surface area contributed by atoms with Crippen LogP contribution in [0, 0.1) is 6.92 Å². The zero-order chi connectivity index (χ0) is 14.7. The van der Waals surface area contributed by atoms with Gasteiger partial charge in [-0.25, -0.2) is 15.0 Å². The summed E-state index contributed by atoms with van der Waals surface area (Å²) in [5.74, 6) is 1.70. The highest BCUT2D eigenvalue weighted by Crippen LogP contribution is 2.26. The molecule has 0 atom stereocenters. The molecule has 106 valence electrons. The van der Waals surface area contributed by atoms with Gasteiger partial charge in [-0.05, 0) is 24.6 Å².